The Kier molecular flexibility index (Phi) is 6.09. The van der Waals surface area contributed by atoms with Gasteiger partial charge in [-0.25, -0.2) is 0 Å². The Morgan fingerprint density at radius 1 is 1.28 bits per heavy atom. The highest BCUT2D eigenvalue weighted by molar-refractivity contribution is 5.84. The zero-order valence-electron chi connectivity index (χ0n) is 12.6. The van der Waals surface area contributed by atoms with Crippen molar-refractivity contribution < 1.29 is 4.79 Å². The molecule has 1 fully saturated rings. The van der Waals surface area contributed by atoms with Crippen LogP contribution in [0.2, 0.25) is 0 Å². The summed E-state index contributed by atoms with van der Waals surface area (Å²) >= 11 is 0. The van der Waals surface area contributed by atoms with Crippen molar-refractivity contribution in [1.29, 1.82) is 0 Å². The van der Waals surface area contributed by atoms with Gasteiger partial charge in [0.05, 0.1) is 12.2 Å². The van der Waals surface area contributed by atoms with E-state index in [9.17, 15) is 4.79 Å². The molecule has 1 aliphatic rings. The topological polar surface area (TPSA) is 35.6 Å². The Morgan fingerprint density at radius 2 is 1.89 bits per heavy atom. The highest BCUT2D eigenvalue weighted by atomic mass is 16.2. The molecule has 1 aliphatic heterocycles. The number of hydrogen-bond acceptors (Lipinski definition) is 3. The zero-order valence-corrected chi connectivity index (χ0v) is 12.6. The van der Waals surface area contributed by atoms with E-state index >= 15 is 0 Å². The van der Waals surface area contributed by atoms with Crippen LogP contribution in [-0.4, -0.2) is 54.6 Å². The number of carbonyl (C=O) groups excluding carboxylic acids is 1. The number of nitrogens with one attached hydrogen (secondary N) is 1. The maximum Gasteiger partial charge on any atom is 0.241 e. The molecular weight excluding hydrogens is 226 g/mol. The molecule has 0 aromatic rings. The van der Waals surface area contributed by atoms with Gasteiger partial charge in [0.15, 0.2) is 0 Å². The molecule has 3 atom stereocenters. The smallest absolute Gasteiger partial charge is 0.241 e. The molecule has 1 rings (SSSR count). The van der Waals surface area contributed by atoms with E-state index in [1.165, 1.54) is 0 Å². The van der Waals surface area contributed by atoms with Crippen LogP contribution in [0.1, 0.15) is 46.5 Å². The SMILES string of the molecule is CCCC1NC(CCC)N(CC(C)N(C)C)C1=O. The summed E-state index contributed by atoms with van der Waals surface area (Å²) in [5.74, 6) is 0.295. The van der Waals surface area contributed by atoms with Crippen molar-refractivity contribution in [3.63, 3.8) is 0 Å². The summed E-state index contributed by atoms with van der Waals surface area (Å²) in [5, 5.41) is 3.49. The van der Waals surface area contributed by atoms with Crippen molar-refractivity contribution in [3.05, 3.63) is 0 Å². The number of carbonyl (C=O) groups is 1. The molecule has 4 nitrogen and oxygen atoms in total. The molecule has 0 bridgehead atoms. The number of nitrogens with zero attached hydrogens (tertiary/aromatic N) is 2. The van der Waals surface area contributed by atoms with Gasteiger partial charge in [0, 0.05) is 12.6 Å². The summed E-state index contributed by atoms with van der Waals surface area (Å²) in [6.45, 7) is 7.30. The average molecular weight is 255 g/mol. The third-order valence-corrected chi connectivity index (χ3v) is 3.83. The van der Waals surface area contributed by atoms with E-state index in [1.807, 2.05) is 0 Å². The minimum atomic E-state index is 0.0425. The van der Waals surface area contributed by atoms with Gasteiger partial charge < -0.3 is 9.80 Å². The van der Waals surface area contributed by atoms with Crippen LogP contribution in [0.4, 0.5) is 0 Å². The third kappa shape index (κ3) is 3.69. The van der Waals surface area contributed by atoms with Gasteiger partial charge in [-0.3, -0.25) is 10.1 Å². The van der Waals surface area contributed by atoms with Gasteiger partial charge in [0.1, 0.15) is 0 Å². The molecule has 0 radical (unpaired) electrons. The summed E-state index contributed by atoms with van der Waals surface area (Å²) in [6.07, 6.45) is 4.40. The lowest BCUT2D eigenvalue weighted by molar-refractivity contribution is -0.130. The van der Waals surface area contributed by atoms with Crippen LogP contribution in [-0.2, 0) is 4.79 Å². The molecule has 4 heteroatoms. The second-order valence-corrected chi connectivity index (χ2v) is 5.62. The highest BCUT2D eigenvalue weighted by Crippen LogP contribution is 2.19. The Morgan fingerprint density at radius 3 is 2.39 bits per heavy atom. The Labute approximate surface area is 112 Å². The molecule has 1 saturated heterocycles. The normalized spacial score (nSPS) is 26.1. The summed E-state index contributed by atoms with van der Waals surface area (Å²) in [7, 11) is 4.13. The molecule has 1 N–H and O–H groups in total. The molecule has 0 saturated carbocycles. The zero-order chi connectivity index (χ0) is 13.7. The molecule has 18 heavy (non-hydrogen) atoms. The Bertz CT molecular complexity index is 268. The number of rotatable bonds is 7. The third-order valence-electron chi connectivity index (χ3n) is 3.83. The molecule has 0 aliphatic carbocycles. The van der Waals surface area contributed by atoms with Crippen LogP contribution in [0.3, 0.4) is 0 Å². The number of likely N-dealkylation sites (N-methyl/N-ethyl adjacent to an activating group) is 1. The van der Waals surface area contributed by atoms with Crippen LogP contribution in [0.15, 0.2) is 0 Å². The predicted octanol–water partition coefficient (Wildman–Crippen LogP) is 1.66. The highest BCUT2D eigenvalue weighted by Gasteiger charge is 2.38. The second-order valence-electron chi connectivity index (χ2n) is 5.62. The number of hydrogen-bond donors (Lipinski definition) is 1. The van der Waals surface area contributed by atoms with Crippen molar-refractivity contribution in [2.24, 2.45) is 0 Å². The lowest BCUT2D eigenvalue weighted by Crippen LogP contribution is -2.45. The minimum Gasteiger partial charge on any atom is -0.324 e. The molecule has 0 spiro atoms. The van der Waals surface area contributed by atoms with Gasteiger partial charge in [0.25, 0.3) is 0 Å². The first-order valence-corrected chi connectivity index (χ1v) is 7.24. The molecule has 0 aromatic heterocycles. The summed E-state index contributed by atoms with van der Waals surface area (Å²) in [6, 6.07) is 0.441. The van der Waals surface area contributed by atoms with Crippen molar-refractivity contribution in [3.8, 4) is 0 Å². The lowest BCUT2D eigenvalue weighted by atomic mass is 10.1. The summed E-state index contributed by atoms with van der Waals surface area (Å²) in [4.78, 5) is 16.6. The van der Waals surface area contributed by atoms with Gasteiger partial charge in [-0.1, -0.05) is 26.7 Å². The molecule has 0 aromatic carbocycles. The lowest BCUT2D eigenvalue weighted by Gasteiger charge is -2.30. The standard InChI is InChI=1S/C14H29N3O/c1-6-8-12-14(18)17(10-11(3)16(4)5)13(15-12)9-7-2/h11-13,15H,6-10H2,1-5H3. The van der Waals surface area contributed by atoms with Crippen molar-refractivity contribution in [2.45, 2.75) is 64.7 Å². The van der Waals surface area contributed by atoms with E-state index in [2.05, 4.69) is 50.0 Å². The monoisotopic (exact) mass is 255 g/mol. The first kappa shape index (κ1) is 15.4. The quantitative estimate of drug-likeness (QED) is 0.751. The minimum absolute atomic E-state index is 0.0425. The average Bonchev–Trinajstić information content (AvgIpc) is 2.59. The fourth-order valence-electron chi connectivity index (χ4n) is 2.42. The second kappa shape index (κ2) is 7.10. The van der Waals surface area contributed by atoms with Crippen LogP contribution < -0.4 is 5.32 Å². The first-order chi connectivity index (χ1) is 8.51. The van der Waals surface area contributed by atoms with Gasteiger partial charge in [-0.15, -0.1) is 0 Å². The molecule has 1 amide bonds. The summed E-state index contributed by atoms with van der Waals surface area (Å²) < 4.78 is 0. The fourth-order valence-corrected chi connectivity index (χ4v) is 2.42. The molecule has 1 heterocycles. The van der Waals surface area contributed by atoms with Crippen molar-refractivity contribution in [2.75, 3.05) is 20.6 Å². The van der Waals surface area contributed by atoms with E-state index in [0.717, 1.165) is 32.2 Å². The number of amides is 1. The largest absolute Gasteiger partial charge is 0.324 e. The van der Waals surface area contributed by atoms with Crippen LogP contribution >= 0.6 is 0 Å². The molecule has 3 unspecified atom stereocenters. The van der Waals surface area contributed by atoms with Crippen LogP contribution in [0.5, 0.6) is 0 Å². The summed E-state index contributed by atoms with van der Waals surface area (Å²) in [5.41, 5.74) is 0. The van der Waals surface area contributed by atoms with E-state index < -0.39 is 0 Å². The van der Waals surface area contributed by atoms with Crippen molar-refractivity contribution in [1.82, 2.24) is 15.1 Å². The fraction of sp³-hybridized carbons (Fsp3) is 0.929. The predicted molar refractivity (Wildman–Crippen MR) is 75.4 cm³/mol. The first-order valence-electron chi connectivity index (χ1n) is 7.24. The van der Waals surface area contributed by atoms with Gasteiger partial charge in [0.2, 0.25) is 5.91 Å². The van der Waals surface area contributed by atoms with Gasteiger partial charge >= 0.3 is 0 Å². The molecule has 106 valence electrons. The van der Waals surface area contributed by atoms with Crippen LogP contribution in [0, 0.1) is 0 Å². The van der Waals surface area contributed by atoms with Crippen molar-refractivity contribution >= 4 is 5.91 Å². The maximum atomic E-state index is 12.4. The van der Waals surface area contributed by atoms with E-state index in [-0.39, 0.29) is 12.2 Å². The van der Waals surface area contributed by atoms with Crippen LogP contribution in [0.25, 0.3) is 0 Å². The van der Waals surface area contributed by atoms with E-state index in [4.69, 9.17) is 0 Å². The van der Waals surface area contributed by atoms with Gasteiger partial charge in [-0.05, 0) is 33.9 Å². The Balaban J connectivity index is 2.68. The van der Waals surface area contributed by atoms with E-state index in [1.54, 1.807) is 0 Å². The molecular formula is C14H29N3O. The van der Waals surface area contributed by atoms with E-state index in [0.29, 0.717) is 11.9 Å². The maximum absolute atomic E-state index is 12.4. The Hall–Kier alpha value is -0.610. The van der Waals surface area contributed by atoms with Gasteiger partial charge in [-0.2, -0.15) is 0 Å².